The van der Waals surface area contributed by atoms with Crippen LogP contribution in [-0.2, 0) is 0 Å². The van der Waals surface area contributed by atoms with Gasteiger partial charge in [-0.3, -0.25) is 4.90 Å². The largest absolute Gasteiger partial charge is 0.394 e. The van der Waals surface area contributed by atoms with Gasteiger partial charge in [0.1, 0.15) is 0 Å². The van der Waals surface area contributed by atoms with Crippen molar-refractivity contribution in [2.45, 2.75) is 19.4 Å². The first-order valence-electron chi connectivity index (χ1n) is 4.33. The topological polar surface area (TPSA) is 26.7 Å². The van der Waals surface area contributed by atoms with Gasteiger partial charge in [-0.1, -0.05) is 0 Å². The lowest BCUT2D eigenvalue weighted by Gasteiger charge is -2.41. The van der Waals surface area contributed by atoms with Crippen LogP contribution in [0.4, 0.5) is 0 Å². The van der Waals surface area contributed by atoms with Crippen LogP contribution in [0.5, 0.6) is 0 Å². The van der Waals surface area contributed by atoms with Gasteiger partial charge < -0.3 is 5.11 Å². The van der Waals surface area contributed by atoms with Crippen LogP contribution in [0.3, 0.4) is 0 Å². The summed E-state index contributed by atoms with van der Waals surface area (Å²) >= 11 is 2.35. The first-order valence-corrected chi connectivity index (χ1v) is 5.29. The molecule has 1 saturated heterocycles. The standard InChI is InChI=1S/C8H17IN2O/c1-8(2,7-12)10-3-5-11(9)6-4-10/h12H,3-7H2,1-2H3. The Morgan fingerprint density at radius 1 is 1.25 bits per heavy atom. The SMILES string of the molecule is CC(C)(CO)N1CCN(I)CC1. The number of hydrogen-bond acceptors (Lipinski definition) is 3. The van der Waals surface area contributed by atoms with E-state index >= 15 is 0 Å². The van der Waals surface area contributed by atoms with Crippen molar-refractivity contribution in [3.8, 4) is 0 Å². The lowest BCUT2D eigenvalue weighted by Crippen LogP contribution is -2.54. The molecule has 1 aliphatic heterocycles. The molecule has 0 aromatic heterocycles. The van der Waals surface area contributed by atoms with Crippen molar-refractivity contribution in [2.24, 2.45) is 0 Å². The van der Waals surface area contributed by atoms with Crippen molar-refractivity contribution in [1.82, 2.24) is 8.01 Å². The van der Waals surface area contributed by atoms with Gasteiger partial charge in [-0.25, -0.2) is 3.11 Å². The Bertz CT molecular complexity index is 144. The molecule has 0 bridgehead atoms. The summed E-state index contributed by atoms with van der Waals surface area (Å²) in [7, 11) is 0. The zero-order chi connectivity index (χ0) is 9.19. The Hall–Kier alpha value is 0.610. The molecule has 0 radical (unpaired) electrons. The maximum atomic E-state index is 9.16. The molecule has 1 heterocycles. The summed E-state index contributed by atoms with van der Waals surface area (Å²) in [4.78, 5) is 2.35. The lowest BCUT2D eigenvalue weighted by atomic mass is 10.0. The highest BCUT2D eigenvalue weighted by atomic mass is 127. The van der Waals surface area contributed by atoms with E-state index < -0.39 is 0 Å². The van der Waals surface area contributed by atoms with Crippen molar-refractivity contribution in [1.29, 1.82) is 0 Å². The lowest BCUT2D eigenvalue weighted by molar-refractivity contribution is 0.0377. The minimum Gasteiger partial charge on any atom is -0.394 e. The van der Waals surface area contributed by atoms with Gasteiger partial charge in [0.25, 0.3) is 0 Å². The van der Waals surface area contributed by atoms with Gasteiger partial charge in [0.15, 0.2) is 0 Å². The highest BCUT2D eigenvalue weighted by molar-refractivity contribution is 14.1. The second-order valence-corrected chi connectivity index (χ2v) is 5.23. The fourth-order valence-corrected chi connectivity index (χ4v) is 1.82. The molecule has 1 aliphatic rings. The smallest absolute Gasteiger partial charge is 0.0610 e. The second-order valence-electron chi connectivity index (χ2n) is 3.87. The molecular weight excluding hydrogens is 267 g/mol. The first kappa shape index (κ1) is 10.7. The number of rotatable bonds is 2. The monoisotopic (exact) mass is 284 g/mol. The molecule has 1 rings (SSSR count). The van der Waals surface area contributed by atoms with E-state index in [1.165, 1.54) is 0 Å². The van der Waals surface area contributed by atoms with Gasteiger partial charge in [0.05, 0.1) is 6.61 Å². The summed E-state index contributed by atoms with van der Waals surface area (Å²) in [5, 5.41) is 9.16. The molecule has 3 nitrogen and oxygen atoms in total. The van der Waals surface area contributed by atoms with E-state index in [2.05, 4.69) is 44.7 Å². The van der Waals surface area contributed by atoms with Crippen molar-refractivity contribution in [3.63, 3.8) is 0 Å². The van der Waals surface area contributed by atoms with E-state index in [0.717, 1.165) is 26.2 Å². The quantitative estimate of drug-likeness (QED) is 0.598. The van der Waals surface area contributed by atoms with E-state index in [0.29, 0.717) is 0 Å². The van der Waals surface area contributed by atoms with Crippen LogP contribution in [0.25, 0.3) is 0 Å². The zero-order valence-electron chi connectivity index (χ0n) is 7.76. The summed E-state index contributed by atoms with van der Waals surface area (Å²) < 4.78 is 2.29. The third-order valence-electron chi connectivity index (χ3n) is 2.47. The molecule has 72 valence electrons. The Kier molecular flexibility index (Phi) is 3.75. The van der Waals surface area contributed by atoms with Crippen molar-refractivity contribution in [3.05, 3.63) is 0 Å². The Balaban J connectivity index is 2.44. The fourth-order valence-electron chi connectivity index (χ4n) is 1.39. The van der Waals surface area contributed by atoms with Gasteiger partial charge >= 0.3 is 0 Å². The summed E-state index contributed by atoms with van der Waals surface area (Å²) in [6.07, 6.45) is 0. The summed E-state index contributed by atoms with van der Waals surface area (Å²) in [6.45, 7) is 8.76. The Morgan fingerprint density at radius 3 is 2.17 bits per heavy atom. The second kappa shape index (κ2) is 4.21. The number of nitrogens with zero attached hydrogens (tertiary/aromatic N) is 2. The molecule has 1 fully saturated rings. The minimum absolute atomic E-state index is 0.0437. The minimum atomic E-state index is -0.0437. The predicted molar refractivity (Wildman–Crippen MR) is 58.3 cm³/mol. The summed E-state index contributed by atoms with van der Waals surface area (Å²) in [6, 6.07) is 0. The molecule has 0 saturated carbocycles. The highest BCUT2D eigenvalue weighted by Crippen LogP contribution is 2.17. The number of piperazine rings is 1. The normalized spacial score (nSPS) is 23.0. The molecular formula is C8H17IN2O. The molecule has 0 atom stereocenters. The highest BCUT2D eigenvalue weighted by Gasteiger charge is 2.28. The number of aliphatic hydroxyl groups excluding tert-OH is 1. The molecule has 0 aromatic carbocycles. The average molecular weight is 284 g/mol. The van der Waals surface area contributed by atoms with Gasteiger partial charge in [-0.05, 0) is 13.8 Å². The molecule has 0 aliphatic carbocycles. The van der Waals surface area contributed by atoms with E-state index in [1.807, 2.05) is 0 Å². The molecule has 0 spiro atoms. The van der Waals surface area contributed by atoms with Gasteiger partial charge in [0.2, 0.25) is 0 Å². The Morgan fingerprint density at radius 2 is 1.75 bits per heavy atom. The molecule has 0 amide bonds. The third-order valence-corrected chi connectivity index (χ3v) is 3.43. The van der Waals surface area contributed by atoms with Crippen LogP contribution < -0.4 is 0 Å². The van der Waals surface area contributed by atoms with Crippen molar-refractivity contribution >= 4 is 22.9 Å². The van der Waals surface area contributed by atoms with Crippen LogP contribution in [0.15, 0.2) is 0 Å². The zero-order valence-corrected chi connectivity index (χ0v) is 9.91. The third kappa shape index (κ3) is 2.55. The number of hydrogen-bond donors (Lipinski definition) is 1. The van der Waals surface area contributed by atoms with Crippen LogP contribution in [-0.4, -0.2) is 51.4 Å². The van der Waals surface area contributed by atoms with E-state index in [1.54, 1.807) is 0 Å². The van der Waals surface area contributed by atoms with Gasteiger partial charge in [0, 0.05) is 54.6 Å². The average Bonchev–Trinajstić information content (AvgIpc) is 2.05. The number of halogens is 1. The molecule has 1 N–H and O–H groups in total. The molecule has 0 unspecified atom stereocenters. The van der Waals surface area contributed by atoms with E-state index in [4.69, 9.17) is 5.11 Å². The molecule has 12 heavy (non-hydrogen) atoms. The first-order chi connectivity index (χ1) is 5.56. The van der Waals surface area contributed by atoms with E-state index in [-0.39, 0.29) is 12.1 Å². The van der Waals surface area contributed by atoms with Crippen LogP contribution in [0.1, 0.15) is 13.8 Å². The van der Waals surface area contributed by atoms with Gasteiger partial charge in [-0.15, -0.1) is 0 Å². The molecule has 4 heteroatoms. The fraction of sp³-hybridized carbons (Fsp3) is 1.00. The Labute approximate surface area is 88.2 Å². The maximum Gasteiger partial charge on any atom is 0.0610 e. The summed E-state index contributed by atoms with van der Waals surface area (Å²) in [5.41, 5.74) is -0.0437. The van der Waals surface area contributed by atoms with Crippen LogP contribution in [0.2, 0.25) is 0 Å². The van der Waals surface area contributed by atoms with Crippen molar-refractivity contribution in [2.75, 3.05) is 32.8 Å². The predicted octanol–water partition coefficient (Wildman–Crippen LogP) is 0.725. The maximum absolute atomic E-state index is 9.16. The molecule has 0 aromatic rings. The van der Waals surface area contributed by atoms with E-state index in [9.17, 15) is 0 Å². The van der Waals surface area contributed by atoms with Gasteiger partial charge in [-0.2, -0.15) is 0 Å². The van der Waals surface area contributed by atoms with Crippen molar-refractivity contribution < 1.29 is 5.11 Å². The summed E-state index contributed by atoms with van der Waals surface area (Å²) in [5.74, 6) is 0. The van der Waals surface area contributed by atoms with Crippen LogP contribution in [0, 0.1) is 0 Å². The number of aliphatic hydroxyl groups is 1. The van der Waals surface area contributed by atoms with Crippen LogP contribution >= 0.6 is 22.9 Å².